The number of carbonyl (C=O) groups is 1. The Morgan fingerprint density at radius 1 is 1.06 bits per heavy atom. The van der Waals surface area contributed by atoms with Crippen LogP contribution >= 0.6 is 23.1 Å². The number of rotatable bonds is 5. The molecule has 2 heterocycles. The van der Waals surface area contributed by atoms with Crippen molar-refractivity contribution in [3.63, 3.8) is 0 Å². The first-order valence-electron chi connectivity index (χ1n) is 10.2. The van der Waals surface area contributed by atoms with Crippen LogP contribution in [0.15, 0.2) is 64.5 Å². The Kier molecular flexibility index (Phi) is 5.38. The topological polar surface area (TPSA) is 72.2 Å². The highest BCUT2D eigenvalue weighted by atomic mass is 32.2. The fourth-order valence-corrected chi connectivity index (χ4v) is 6.25. The summed E-state index contributed by atoms with van der Waals surface area (Å²) in [7, 11) is 0. The number of benzene rings is 2. The van der Waals surface area contributed by atoms with Crippen LogP contribution in [0.1, 0.15) is 39.2 Å². The number of hydrogen-bond donors (Lipinski definition) is 1. The molecule has 0 unspecified atom stereocenters. The summed E-state index contributed by atoms with van der Waals surface area (Å²) in [6, 6.07) is 16.5. The van der Waals surface area contributed by atoms with Gasteiger partial charge in [-0.3, -0.25) is 9.36 Å². The third kappa shape index (κ3) is 3.79. The Labute approximate surface area is 187 Å². The number of carboxylic acid groups (broad SMARTS) is 1. The zero-order valence-electron chi connectivity index (χ0n) is 16.7. The fraction of sp³-hybridized carbons (Fsp3) is 0.208. The van der Waals surface area contributed by atoms with Gasteiger partial charge in [0.05, 0.1) is 16.6 Å². The number of thioether (sulfide) groups is 1. The van der Waals surface area contributed by atoms with E-state index in [0.717, 1.165) is 40.7 Å². The molecule has 0 fully saturated rings. The van der Waals surface area contributed by atoms with Crippen LogP contribution in [0.3, 0.4) is 0 Å². The van der Waals surface area contributed by atoms with E-state index in [9.17, 15) is 9.59 Å². The van der Waals surface area contributed by atoms with E-state index < -0.39 is 5.97 Å². The van der Waals surface area contributed by atoms with Gasteiger partial charge in [-0.25, -0.2) is 9.78 Å². The Hall–Kier alpha value is -2.90. The quantitative estimate of drug-likeness (QED) is 0.331. The summed E-state index contributed by atoms with van der Waals surface area (Å²) in [6.07, 6.45) is 4.26. The van der Waals surface area contributed by atoms with Gasteiger partial charge in [0.1, 0.15) is 4.83 Å². The lowest BCUT2D eigenvalue weighted by atomic mass is 9.97. The second kappa shape index (κ2) is 8.32. The van der Waals surface area contributed by atoms with Crippen molar-refractivity contribution in [2.45, 2.75) is 36.6 Å². The van der Waals surface area contributed by atoms with E-state index in [0.29, 0.717) is 10.9 Å². The molecule has 31 heavy (non-hydrogen) atoms. The van der Waals surface area contributed by atoms with E-state index in [1.165, 1.54) is 28.6 Å². The van der Waals surface area contributed by atoms with E-state index in [4.69, 9.17) is 10.1 Å². The fourth-order valence-electron chi connectivity index (χ4n) is 3.98. The predicted molar refractivity (Wildman–Crippen MR) is 125 cm³/mol. The van der Waals surface area contributed by atoms with E-state index in [2.05, 4.69) is 0 Å². The van der Waals surface area contributed by atoms with Gasteiger partial charge in [-0.2, -0.15) is 0 Å². The lowest BCUT2D eigenvalue weighted by Gasteiger charge is -2.13. The standard InChI is InChI=1S/C24H20N2O3S2/c27-22-20-18-8-4-5-9-19(18)31-21(20)25-24(26(22)17-6-2-1-3-7-17)30-14-15-10-12-16(13-11-15)23(28)29/h1-3,6-7,10-13H,4-5,8-9,14H2,(H,28,29). The number of fused-ring (bicyclic) bond motifs is 3. The number of aromatic carboxylic acids is 1. The van der Waals surface area contributed by atoms with E-state index in [1.54, 1.807) is 28.0 Å². The summed E-state index contributed by atoms with van der Waals surface area (Å²) in [4.78, 5) is 31.8. The minimum atomic E-state index is -0.939. The molecule has 7 heteroatoms. The molecule has 0 bridgehead atoms. The molecule has 5 nitrogen and oxygen atoms in total. The number of para-hydroxylation sites is 1. The highest BCUT2D eigenvalue weighted by Gasteiger charge is 2.22. The van der Waals surface area contributed by atoms with Crippen LogP contribution < -0.4 is 5.56 Å². The van der Waals surface area contributed by atoms with Gasteiger partial charge < -0.3 is 5.11 Å². The van der Waals surface area contributed by atoms with Crippen molar-refractivity contribution in [2.75, 3.05) is 0 Å². The van der Waals surface area contributed by atoms with Gasteiger partial charge in [-0.15, -0.1) is 11.3 Å². The normalized spacial score (nSPS) is 13.3. The Bertz CT molecular complexity index is 1330. The van der Waals surface area contributed by atoms with Crippen molar-refractivity contribution in [1.29, 1.82) is 0 Å². The zero-order valence-corrected chi connectivity index (χ0v) is 18.3. The van der Waals surface area contributed by atoms with Crippen molar-refractivity contribution in [2.24, 2.45) is 0 Å². The maximum Gasteiger partial charge on any atom is 0.335 e. The maximum absolute atomic E-state index is 13.7. The molecule has 0 saturated heterocycles. The average Bonchev–Trinajstić information content (AvgIpc) is 3.17. The zero-order chi connectivity index (χ0) is 21.4. The molecule has 0 atom stereocenters. The Morgan fingerprint density at radius 2 is 1.81 bits per heavy atom. The number of nitrogens with zero attached hydrogens (tertiary/aromatic N) is 2. The summed E-state index contributed by atoms with van der Waals surface area (Å²) in [5.74, 6) is -0.346. The molecule has 0 spiro atoms. The molecule has 1 aliphatic rings. The van der Waals surface area contributed by atoms with E-state index >= 15 is 0 Å². The smallest absolute Gasteiger partial charge is 0.335 e. The molecular formula is C24H20N2O3S2. The van der Waals surface area contributed by atoms with Crippen molar-refractivity contribution in [1.82, 2.24) is 9.55 Å². The summed E-state index contributed by atoms with van der Waals surface area (Å²) in [5.41, 5.74) is 3.24. The van der Waals surface area contributed by atoms with Crippen LogP contribution in [-0.2, 0) is 18.6 Å². The molecule has 1 aliphatic carbocycles. The highest BCUT2D eigenvalue weighted by Crippen LogP contribution is 2.35. The average molecular weight is 449 g/mol. The summed E-state index contributed by atoms with van der Waals surface area (Å²) in [6.45, 7) is 0. The molecule has 5 rings (SSSR count). The molecule has 0 amide bonds. The van der Waals surface area contributed by atoms with Crippen LogP contribution in [0.5, 0.6) is 0 Å². The second-order valence-electron chi connectivity index (χ2n) is 7.55. The number of thiophene rings is 1. The summed E-state index contributed by atoms with van der Waals surface area (Å²) >= 11 is 3.15. The van der Waals surface area contributed by atoms with E-state index in [-0.39, 0.29) is 11.1 Å². The third-order valence-corrected chi connectivity index (χ3v) is 7.74. The van der Waals surface area contributed by atoms with Gasteiger partial charge in [0.15, 0.2) is 5.16 Å². The van der Waals surface area contributed by atoms with Gasteiger partial charge in [0.2, 0.25) is 0 Å². The minimum Gasteiger partial charge on any atom is -0.478 e. The van der Waals surface area contributed by atoms with Gasteiger partial charge in [-0.05, 0) is 61.1 Å². The van der Waals surface area contributed by atoms with Crippen LogP contribution in [-0.4, -0.2) is 20.6 Å². The maximum atomic E-state index is 13.7. The molecule has 2 aromatic carbocycles. The molecule has 0 aliphatic heterocycles. The van der Waals surface area contributed by atoms with Gasteiger partial charge in [-0.1, -0.05) is 42.1 Å². The second-order valence-corrected chi connectivity index (χ2v) is 9.58. The number of hydrogen-bond acceptors (Lipinski definition) is 5. The van der Waals surface area contributed by atoms with Gasteiger partial charge >= 0.3 is 5.97 Å². The van der Waals surface area contributed by atoms with Gasteiger partial charge in [0, 0.05) is 10.6 Å². The molecule has 4 aromatic rings. The predicted octanol–water partition coefficient (Wildman–Crippen LogP) is 5.32. The summed E-state index contributed by atoms with van der Waals surface area (Å²) < 4.78 is 1.72. The molecule has 1 N–H and O–H groups in total. The molecule has 0 radical (unpaired) electrons. The third-order valence-electron chi connectivity index (χ3n) is 5.54. The first kappa shape index (κ1) is 20.0. The molecular weight excluding hydrogens is 428 g/mol. The molecule has 2 aromatic heterocycles. The number of aromatic nitrogens is 2. The molecule has 156 valence electrons. The summed E-state index contributed by atoms with van der Waals surface area (Å²) in [5, 5.41) is 10.5. The van der Waals surface area contributed by atoms with Crippen molar-refractivity contribution in [3.05, 3.63) is 86.5 Å². The first-order valence-corrected chi connectivity index (χ1v) is 12.0. The minimum absolute atomic E-state index is 0.000625. The van der Waals surface area contributed by atoms with Gasteiger partial charge in [0.25, 0.3) is 5.56 Å². The van der Waals surface area contributed by atoms with Crippen molar-refractivity contribution < 1.29 is 9.90 Å². The monoisotopic (exact) mass is 448 g/mol. The SMILES string of the molecule is O=C(O)c1ccc(CSc2nc3sc4c(c3c(=O)n2-c2ccccc2)CCCC4)cc1. The highest BCUT2D eigenvalue weighted by molar-refractivity contribution is 7.98. The van der Waals surface area contributed by atoms with Crippen LogP contribution in [0, 0.1) is 0 Å². The number of carboxylic acids is 1. The van der Waals surface area contributed by atoms with E-state index in [1.807, 2.05) is 42.5 Å². The largest absolute Gasteiger partial charge is 0.478 e. The Balaban J connectivity index is 1.59. The van der Waals surface area contributed by atoms with Crippen LogP contribution in [0.25, 0.3) is 15.9 Å². The number of aryl methyl sites for hydroxylation is 2. The lowest BCUT2D eigenvalue weighted by Crippen LogP contribution is -2.22. The van der Waals surface area contributed by atoms with Crippen molar-refractivity contribution in [3.8, 4) is 5.69 Å². The first-order chi connectivity index (χ1) is 15.1. The van der Waals surface area contributed by atoms with Crippen LogP contribution in [0.4, 0.5) is 0 Å². The molecule has 0 saturated carbocycles. The lowest BCUT2D eigenvalue weighted by molar-refractivity contribution is 0.0697. The van der Waals surface area contributed by atoms with Crippen LogP contribution in [0.2, 0.25) is 0 Å². The van der Waals surface area contributed by atoms with Crippen molar-refractivity contribution >= 4 is 39.3 Å². The Morgan fingerprint density at radius 3 is 2.55 bits per heavy atom.